The molecule has 0 saturated heterocycles. The molecule has 1 aromatic heterocycles. The summed E-state index contributed by atoms with van der Waals surface area (Å²) in [4.78, 5) is 0. The van der Waals surface area contributed by atoms with Gasteiger partial charge in [0.05, 0.1) is 12.3 Å². The van der Waals surface area contributed by atoms with Gasteiger partial charge in [0.2, 0.25) is 0 Å². The minimum Gasteiger partial charge on any atom is -0.395 e. The lowest BCUT2D eigenvalue weighted by atomic mass is 10.2. The molecule has 1 heterocycles. The van der Waals surface area contributed by atoms with Gasteiger partial charge in [0.15, 0.2) is 0 Å². The molecular weight excluding hydrogens is 294 g/mol. The van der Waals surface area contributed by atoms with Crippen LogP contribution in [0.3, 0.4) is 0 Å². The molecule has 2 N–H and O–H groups in total. The van der Waals surface area contributed by atoms with Crippen molar-refractivity contribution >= 4 is 27.0 Å². The Morgan fingerprint density at radius 3 is 2.80 bits per heavy atom. The molecule has 2 rings (SSSR count). The zero-order chi connectivity index (χ0) is 14.4. The molecular formula is C14H13NO3S2. The van der Waals surface area contributed by atoms with Crippen LogP contribution >= 0.6 is 11.3 Å². The number of hydrogen-bond acceptors (Lipinski definition) is 4. The Morgan fingerprint density at radius 2 is 2.10 bits per heavy atom. The summed E-state index contributed by atoms with van der Waals surface area (Å²) in [6.07, 6.45) is 0.394. The molecule has 0 unspecified atom stereocenters. The van der Waals surface area contributed by atoms with Gasteiger partial charge in [0.1, 0.15) is 4.21 Å². The Labute approximate surface area is 122 Å². The van der Waals surface area contributed by atoms with E-state index in [0.29, 0.717) is 17.7 Å². The summed E-state index contributed by atoms with van der Waals surface area (Å²) < 4.78 is 26.9. The molecule has 104 valence electrons. The highest BCUT2D eigenvalue weighted by atomic mass is 32.2. The van der Waals surface area contributed by atoms with E-state index in [1.807, 2.05) is 0 Å². The minimum atomic E-state index is -3.53. The van der Waals surface area contributed by atoms with E-state index in [9.17, 15) is 8.42 Å². The molecule has 4 nitrogen and oxygen atoms in total. The number of nitrogens with one attached hydrogen (secondary N) is 1. The van der Waals surface area contributed by atoms with Crippen LogP contribution in [0, 0.1) is 11.8 Å². The second kappa shape index (κ2) is 6.57. The van der Waals surface area contributed by atoms with E-state index in [0.717, 1.165) is 11.3 Å². The zero-order valence-corrected chi connectivity index (χ0v) is 12.2. The van der Waals surface area contributed by atoms with E-state index in [1.54, 1.807) is 41.8 Å². The molecule has 1 aromatic carbocycles. The SMILES string of the molecule is O=S(=O)(Nc1cccc(C#CCCO)c1)c1cccs1. The van der Waals surface area contributed by atoms with Gasteiger partial charge in [-0.05, 0) is 29.6 Å². The van der Waals surface area contributed by atoms with Crippen LogP contribution in [0.5, 0.6) is 0 Å². The van der Waals surface area contributed by atoms with Crippen molar-refractivity contribution in [3.63, 3.8) is 0 Å². The molecule has 0 bridgehead atoms. The first-order valence-corrected chi connectivity index (χ1v) is 8.24. The Morgan fingerprint density at radius 1 is 1.25 bits per heavy atom. The quantitative estimate of drug-likeness (QED) is 0.852. The number of aliphatic hydroxyl groups excluding tert-OH is 1. The third kappa shape index (κ3) is 3.84. The van der Waals surface area contributed by atoms with Crippen molar-refractivity contribution in [1.82, 2.24) is 0 Å². The third-order valence-electron chi connectivity index (χ3n) is 2.34. The number of benzene rings is 1. The number of thiophene rings is 1. The summed E-state index contributed by atoms with van der Waals surface area (Å²) in [5, 5.41) is 10.4. The van der Waals surface area contributed by atoms with Crippen LogP contribution in [-0.2, 0) is 10.0 Å². The molecule has 0 amide bonds. The first kappa shape index (κ1) is 14.6. The Hall–Kier alpha value is -1.81. The van der Waals surface area contributed by atoms with Gasteiger partial charge in [-0.1, -0.05) is 24.0 Å². The van der Waals surface area contributed by atoms with Gasteiger partial charge >= 0.3 is 0 Å². The first-order valence-electron chi connectivity index (χ1n) is 5.88. The molecule has 20 heavy (non-hydrogen) atoms. The fourth-order valence-corrected chi connectivity index (χ4v) is 3.55. The summed E-state index contributed by atoms with van der Waals surface area (Å²) in [5.74, 6) is 5.66. The van der Waals surface area contributed by atoms with Crippen LogP contribution < -0.4 is 4.72 Å². The summed E-state index contributed by atoms with van der Waals surface area (Å²) in [7, 11) is -3.53. The fourth-order valence-electron chi connectivity index (χ4n) is 1.50. The molecule has 0 fully saturated rings. The van der Waals surface area contributed by atoms with Crippen molar-refractivity contribution in [2.24, 2.45) is 0 Å². The third-order valence-corrected chi connectivity index (χ3v) is 5.12. The summed E-state index contributed by atoms with van der Waals surface area (Å²) >= 11 is 1.16. The van der Waals surface area contributed by atoms with Crippen LogP contribution in [0.25, 0.3) is 0 Å². The average Bonchev–Trinajstić information content (AvgIpc) is 2.94. The van der Waals surface area contributed by atoms with Gasteiger partial charge in [-0.15, -0.1) is 11.3 Å². The molecule has 0 aliphatic heterocycles. The monoisotopic (exact) mass is 307 g/mol. The Bertz CT molecular complexity index is 725. The molecule has 0 spiro atoms. The van der Waals surface area contributed by atoms with Gasteiger partial charge < -0.3 is 5.11 Å². The fraction of sp³-hybridized carbons (Fsp3) is 0.143. The maximum absolute atomic E-state index is 12.1. The lowest BCUT2D eigenvalue weighted by molar-refractivity contribution is 0.305. The highest BCUT2D eigenvalue weighted by Gasteiger charge is 2.14. The van der Waals surface area contributed by atoms with Crippen molar-refractivity contribution in [3.8, 4) is 11.8 Å². The Balaban J connectivity index is 2.19. The smallest absolute Gasteiger partial charge is 0.271 e. The van der Waals surface area contributed by atoms with Crippen LogP contribution in [-0.4, -0.2) is 20.1 Å². The maximum atomic E-state index is 12.1. The normalized spacial score (nSPS) is 10.7. The van der Waals surface area contributed by atoms with Crippen molar-refractivity contribution in [2.75, 3.05) is 11.3 Å². The predicted molar refractivity (Wildman–Crippen MR) is 80.2 cm³/mol. The van der Waals surface area contributed by atoms with Gasteiger partial charge in [-0.25, -0.2) is 8.42 Å². The van der Waals surface area contributed by atoms with E-state index >= 15 is 0 Å². The lowest BCUT2D eigenvalue weighted by Gasteiger charge is -2.06. The van der Waals surface area contributed by atoms with E-state index in [2.05, 4.69) is 16.6 Å². The van der Waals surface area contributed by atoms with Gasteiger partial charge in [0.25, 0.3) is 10.0 Å². The summed E-state index contributed by atoms with van der Waals surface area (Å²) in [5.41, 5.74) is 1.17. The van der Waals surface area contributed by atoms with E-state index in [4.69, 9.17) is 5.11 Å². The van der Waals surface area contributed by atoms with Crippen molar-refractivity contribution in [1.29, 1.82) is 0 Å². The van der Waals surface area contributed by atoms with E-state index in [1.165, 1.54) is 0 Å². The first-order chi connectivity index (χ1) is 9.62. The molecule has 0 radical (unpaired) electrons. The molecule has 6 heteroatoms. The number of rotatable bonds is 4. The van der Waals surface area contributed by atoms with Gasteiger partial charge in [0, 0.05) is 12.0 Å². The summed E-state index contributed by atoms with van der Waals surface area (Å²) in [6, 6.07) is 10.1. The highest BCUT2D eigenvalue weighted by molar-refractivity contribution is 7.94. The maximum Gasteiger partial charge on any atom is 0.271 e. The van der Waals surface area contributed by atoms with Gasteiger partial charge in [-0.2, -0.15) is 0 Å². The molecule has 2 aromatic rings. The minimum absolute atomic E-state index is 0.0116. The van der Waals surface area contributed by atoms with Crippen LogP contribution in [0.4, 0.5) is 5.69 Å². The van der Waals surface area contributed by atoms with E-state index < -0.39 is 10.0 Å². The topological polar surface area (TPSA) is 66.4 Å². The number of aliphatic hydroxyl groups is 1. The van der Waals surface area contributed by atoms with Crippen LogP contribution in [0.15, 0.2) is 46.0 Å². The van der Waals surface area contributed by atoms with E-state index in [-0.39, 0.29) is 10.8 Å². The molecule has 0 atom stereocenters. The molecule has 0 saturated carbocycles. The van der Waals surface area contributed by atoms with Gasteiger partial charge in [-0.3, -0.25) is 4.72 Å². The predicted octanol–water partition coefficient (Wildman–Crippen LogP) is 2.28. The van der Waals surface area contributed by atoms with Crippen LogP contribution in [0.2, 0.25) is 0 Å². The van der Waals surface area contributed by atoms with Crippen molar-refractivity contribution in [2.45, 2.75) is 10.6 Å². The molecule has 0 aliphatic rings. The number of sulfonamides is 1. The zero-order valence-electron chi connectivity index (χ0n) is 10.5. The average molecular weight is 307 g/mol. The number of anilines is 1. The largest absolute Gasteiger partial charge is 0.395 e. The van der Waals surface area contributed by atoms with Crippen molar-refractivity contribution < 1.29 is 13.5 Å². The van der Waals surface area contributed by atoms with Crippen molar-refractivity contribution in [3.05, 3.63) is 47.3 Å². The standard InChI is InChI=1S/C14H13NO3S2/c16-9-2-1-5-12-6-3-7-13(11-12)15-20(17,18)14-8-4-10-19-14/h3-4,6-8,10-11,15-16H,2,9H2. The summed E-state index contributed by atoms with van der Waals surface area (Å²) in [6.45, 7) is 0.0116. The second-order valence-electron chi connectivity index (χ2n) is 3.89. The lowest BCUT2D eigenvalue weighted by Crippen LogP contribution is -2.11. The highest BCUT2D eigenvalue weighted by Crippen LogP contribution is 2.20. The van der Waals surface area contributed by atoms with Crippen LogP contribution in [0.1, 0.15) is 12.0 Å². The Kier molecular flexibility index (Phi) is 4.79. The molecule has 0 aliphatic carbocycles. The number of hydrogen-bond donors (Lipinski definition) is 2. The second-order valence-corrected chi connectivity index (χ2v) is 6.75.